The van der Waals surface area contributed by atoms with Gasteiger partial charge in [0, 0.05) is 25.7 Å². The summed E-state index contributed by atoms with van der Waals surface area (Å²) in [5, 5.41) is 2.55. The van der Waals surface area contributed by atoms with Crippen molar-refractivity contribution >= 4 is 59.7 Å². The Morgan fingerprint density at radius 2 is 1.30 bits per heavy atom. The molecule has 1 fully saturated rings. The average molecular weight is 609 g/mol. The molecule has 5 aromatic carbocycles. The number of fused-ring (bicyclic) bond motifs is 6. The Kier molecular flexibility index (Phi) is 5.75. The van der Waals surface area contributed by atoms with E-state index in [1.54, 1.807) is 11.1 Å². The molecule has 2 aliphatic carbocycles. The molecule has 0 spiro atoms. The van der Waals surface area contributed by atoms with Crippen LogP contribution in [0.2, 0.25) is 0 Å². The molecule has 1 saturated carbocycles. The first-order valence-electron chi connectivity index (χ1n) is 13.0. The summed E-state index contributed by atoms with van der Waals surface area (Å²) in [6.45, 7) is 2.32. The van der Waals surface area contributed by atoms with Crippen molar-refractivity contribution in [3.63, 3.8) is 0 Å². The maximum Gasteiger partial charge on any atom is 0.0540 e. The molecule has 3 heteroatoms. The summed E-state index contributed by atoms with van der Waals surface area (Å²) in [6, 6.07) is 35.6. The Balaban J connectivity index is 1.42. The lowest BCUT2D eigenvalue weighted by Gasteiger charge is -2.28. The number of hydrogen-bond acceptors (Lipinski definition) is 1. The van der Waals surface area contributed by atoms with E-state index < -0.39 is 0 Å². The SMILES string of the molecule is Cc1cc(-c2ccc(N(c3ccc(Br)cc3)c3ccc(Br)cc3)c3ccccc23)cc2c1C1CCC2C1. The molecule has 5 aromatic rings. The standard InChI is InChI=1S/C34H27Br2N/c1-21-18-24(20-32-22-6-7-23(19-22)34(21)32)29-16-17-33(31-5-3-2-4-30(29)31)37(27-12-8-25(35)9-13-27)28-14-10-26(36)11-15-28/h2-5,8-18,20,22-23H,6-7,19H2,1H3. The van der Waals surface area contributed by atoms with E-state index in [9.17, 15) is 0 Å². The van der Waals surface area contributed by atoms with Crippen LogP contribution >= 0.6 is 31.9 Å². The Bertz CT molecular complexity index is 1590. The highest BCUT2D eigenvalue weighted by Crippen LogP contribution is 2.55. The van der Waals surface area contributed by atoms with Crippen molar-refractivity contribution in [2.75, 3.05) is 4.90 Å². The van der Waals surface area contributed by atoms with E-state index >= 15 is 0 Å². The van der Waals surface area contributed by atoms with E-state index in [1.165, 1.54) is 52.4 Å². The molecule has 0 aromatic heterocycles. The van der Waals surface area contributed by atoms with Gasteiger partial charge in [0.15, 0.2) is 0 Å². The first kappa shape index (κ1) is 23.3. The van der Waals surface area contributed by atoms with Crippen molar-refractivity contribution in [1.29, 1.82) is 0 Å². The zero-order valence-electron chi connectivity index (χ0n) is 20.7. The maximum atomic E-state index is 3.61. The Labute approximate surface area is 235 Å². The van der Waals surface area contributed by atoms with Crippen LogP contribution in [0.25, 0.3) is 21.9 Å². The van der Waals surface area contributed by atoms with E-state index in [2.05, 4.69) is 141 Å². The van der Waals surface area contributed by atoms with E-state index in [1.807, 2.05) is 0 Å². The molecule has 182 valence electrons. The fourth-order valence-electron chi connectivity index (χ4n) is 6.74. The van der Waals surface area contributed by atoms with Gasteiger partial charge in [-0.15, -0.1) is 0 Å². The zero-order valence-corrected chi connectivity index (χ0v) is 23.9. The van der Waals surface area contributed by atoms with Crippen LogP contribution in [0, 0.1) is 6.92 Å². The molecule has 37 heavy (non-hydrogen) atoms. The number of anilines is 3. The third-order valence-electron chi connectivity index (χ3n) is 8.32. The fraction of sp³-hybridized carbons (Fsp3) is 0.176. The number of halogens is 2. The van der Waals surface area contributed by atoms with Gasteiger partial charge in [-0.3, -0.25) is 0 Å². The summed E-state index contributed by atoms with van der Waals surface area (Å²) >= 11 is 7.21. The van der Waals surface area contributed by atoms with E-state index in [-0.39, 0.29) is 0 Å². The third kappa shape index (κ3) is 3.95. The molecule has 0 radical (unpaired) electrons. The van der Waals surface area contributed by atoms with Gasteiger partial charge in [-0.05, 0) is 126 Å². The van der Waals surface area contributed by atoms with E-state index in [0.29, 0.717) is 0 Å². The lowest BCUT2D eigenvalue weighted by molar-refractivity contribution is 0.714. The van der Waals surface area contributed by atoms with Crippen molar-refractivity contribution in [2.24, 2.45) is 0 Å². The van der Waals surface area contributed by atoms with Gasteiger partial charge in [0.1, 0.15) is 0 Å². The zero-order chi connectivity index (χ0) is 25.1. The molecule has 0 heterocycles. The van der Waals surface area contributed by atoms with Crippen molar-refractivity contribution in [3.8, 4) is 11.1 Å². The molecular formula is C34H27Br2N. The predicted octanol–water partition coefficient (Wildman–Crippen LogP) is 11.2. The second-order valence-electron chi connectivity index (χ2n) is 10.5. The van der Waals surface area contributed by atoms with Crippen molar-refractivity contribution in [1.82, 2.24) is 0 Å². The van der Waals surface area contributed by atoms with Crippen LogP contribution in [0.4, 0.5) is 17.1 Å². The molecule has 7 rings (SSSR count). The van der Waals surface area contributed by atoms with E-state index in [4.69, 9.17) is 0 Å². The van der Waals surface area contributed by atoms with Crippen LogP contribution < -0.4 is 4.90 Å². The molecule has 2 unspecified atom stereocenters. The fourth-order valence-corrected chi connectivity index (χ4v) is 7.27. The second kappa shape index (κ2) is 9.15. The highest BCUT2D eigenvalue weighted by molar-refractivity contribution is 9.10. The van der Waals surface area contributed by atoms with Crippen LogP contribution in [0.1, 0.15) is 47.8 Å². The minimum absolute atomic E-state index is 0.759. The molecule has 0 N–H and O–H groups in total. The molecule has 2 atom stereocenters. The summed E-state index contributed by atoms with van der Waals surface area (Å²) in [4.78, 5) is 2.36. The summed E-state index contributed by atoms with van der Waals surface area (Å²) in [6.07, 6.45) is 4.08. The third-order valence-corrected chi connectivity index (χ3v) is 9.38. The van der Waals surface area contributed by atoms with E-state index in [0.717, 1.165) is 32.2 Å². The minimum atomic E-state index is 0.759. The largest absolute Gasteiger partial charge is 0.310 e. The summed E-state index contributed by atoms with van der Waals surface area (Å²) in [5.74, 6) is 1.55. The quantitative estimate of drug-likeness (QED) is 0.196. The maximum absolute atomic E-state index is 3.61. The van der Waals surface area contributed by atoms with Crippen LogP contribution in [-0.2, 0) is 0 Å². The molecule has 2 aliphatic rings. The summed E-state index contributed by atoms with van der Waals surface area (Å²) in [7, 11) is 0. The van der Waals surface area contributed by atoms with Crippen molar-refractivity contribution in [2.45, 2.75) is 38.0 Å². The monoisotopic (exact) mass is 607 g/mol. The van der Waals surface area contributed by atoms with Gasteiger partial charge in [0.05, 0.1) is 5.69 Å². The molecule has 0 aliphatic heterocycles. The van der Waals surface area contributed by atoms with Gasteiger partial charge in [0.2, 0.25) is 0 Å². The summed E-state index contributed by atoms with van der Waals surface area (Å²) in [5.41, 5.74) is 10.9. The lowest BCUT2D eigenvalue weighted by Crippen LogP contribution is -2.10. The van der Waals surface area contributed by atoms with Crippen LogP contribution in [0.5, 0.6) is 0 Å². The highest BCUT2D eigenvalue weighted by atomic mass is 79.9. The van der Waals surface area contributed by atoms with Gasteiger partial charge in [-0.2, -0.15) is 0 Å². The molecular weight excluding hydrogens is 582 g/mol. The van der Waals surface area contributed by atoms with Crippen molar-refractivity contribution in [3.05, 3.63) is 123 Å². The number of nitrogens with zero attached hydrogens (tertiary/aromatic N) is 1. The molecule has 0 amide bonds. The molecule has 2 bridgehead atoms. The van der Waals surface area contributed by atoms with Gasteiger partial charge in [0.25, 0.3) is 0 Å². The normalized spacial score (nSPS) is 17.8. The smallest absolute Gasteiger partial charge is 0.0540 e. The van der Waals surface area contributed by atoms with Gasteiger partial charge in [-0.25, -0.2) is 0 Å². The number of rotatable bonds is 4. The van der Waals surface area contributed by atoms with Gasteiger partial charge < -0.3 is 4.90 Å². The first-order valence-corrected chi connectivity index (χ1v) is 14.6. The number of aryl methyl sites for hydroxylation is 1. The topological polar surface area (TPSA) is 3.24 Å². The highest BCUT2D eigenvalue weighted by Gasteiger charge is 2.38. The van der Waals surface area contributed by atoms with Crippen LogP contribution in [0.15, 0.2) is 106 Å². The number of hydrogen-bond donors (Lipinski definition) is 0. The Hall–Kier alpha value is -2.88. The number of benzene rings is 5. The molecule has 0 saturated heterocycles. The Morgan fingerprint density at radius 3 is 1.97 bits per heavy atom. The lowest BCUT2D eigenvalue weighted by atomic mass is 9.85. The van der Waals surface area contributed by atoms with Gasteiger partial charge >= 0.3 is 0 Å². The first-order chi connectivity index (χ1) is 18.1. The molecule has 1 nitrogen and oxygen atoms in total. The summed E-state index contributed by atoms with van der Waals surface area (Å²) < 4.78 is 2.15. The van der Waals surface area contributed by atoms with Crippen LogP contribution in [0.3, 0.4) is 0 Å². The Morgan fingerprint density at radius 1 is 0.676 bits per heavy atom. The van der Waals surface area contributed by atoms with Gasteiger partial charge in [-0.1, -0.05) is 74.3 Å². The van der Waals surface area contributed by atoms with Crippen molar-refractivity contribution < 1.29 is 0 Å². The second-order valence-corrected chi connectivity index (χ2v) is 12.3. The van der Waals surface area contributed by atoms with Crippen LogP contribution in [-0.4, -0.2) is 0 Å². The predicted molar refractivity (Wildman–Crippen MR) is 164 cm³/mol. The minimum Gasteiger partial charge on any atom is -0.310 e. The average Bonchev–Trinajstić information content (AvgIpc) is 3.54.